The fraction of sp³-hybridized carbons (Fsp3) is 0.333. The zero-order chi connectivity index (χ0) is 24.5. The van der Waals surface area contributed by atoms with Gasteiger partial charge in [-0.2, -0.15) is 0 Å². The molecule has 35 heavy (non-hydrogen) atoms. The summed E-state index contributed by atoms with van der Waals surface area (Å²) >= 11 is 1.67. The molecule has 2 N–H and O–H groups in total. The van der Waals surface area contributed by atoms with Crippen LogP contribution in [0.4, 0.5) is 5.00 Å². The molecule has 5 rings (SSSR count). The summed E-state index contributed by atoms with van der Waals surface area (Å²) in [7, 11) is 0. The van der Waals surface area contributed by atoms with Gasteiger partial charge in [-0.1, -0.05) is 24.3 Å². The van der Waals surface area contributed by atoms with Crippen LogP contribution in [-0.2, 0) is 13.0 Å². The first-order chi connectivity index (χ1) is 16.9. The number of anilines is 1. The smallest absolute Gasteiger partial charge is 0.343 e. The van der Waals surface area contributed by atoms with Gasteiger partial charge in [0.15, 0.2) is 11.5 Å². The van der Waals surface area contributed by atoms with Gasteiger partial charge in [0.25, 0.3) is 5.91 Å². The molecule has 0 spiro atoms. The minimum atomic E-state index is -0.451. The van der Waals surface area contributed by atoms with Crippen molar-refractivity contribution in [2.75, 3.05) is 18.5 Å². The van der Waals surface area contributed by atoms with Crippen LogP contribution in [0.1, 0.15) is 63.7 Å². The molecule has 8 heteroatoms. The monoisotopic (exact) mass is 491 g/mol. The van der Waals surface area contributed by atoms with Gasteiger partial charge in [-0.05, 0) is 62.6 Å². The van der Waals surface area contributed by atoms with Gasteiger partial charge < -0.3 is 20.1 Å². The Bertz CT molecular complexity index is 1250. The Morgan fingerprint density at radius 2 is 1.94 bits per heavy atom. The number of carbonyl (C=O) groups excluding carboxylic acids is 2. The van der Waals surface area contributed by atoms with Gasteiger partial charge >= 0.3 is 5.97 Å². The highest BCUT2D eigenvalue weighted by Gasteiger charge is 2.34. The van der Waals surface area contributed by atoms with Crippen LogP contribution in [0.2, 0.25) is 0 Å². The van der Waals surface area contributed by atoms with Crippen LogP contribution in [0.5, 0.6) is 11.5 Å². The number of rotatable bonds is 6. The Morgan fingerprint density at radius 3 is 2.69 bits per heavy atom. The zero-order valence-electron chi connectivity index (χ0n) is 20.1. The highest BCUT2D eigenvalue weighted by molar-refractivity contribution is 7.16. The van der Waals surface area contributed by atoms with Crippen LogP contribution < -0.4 is 20.1 Å². The summed E-state index contributed by atoms with van der Waals surface area (Å²) in [6.45, 7) is 8.54. The topological polar surface area (TPSA) is 79.9 Å². The number of hydrogen-bond acceptors (Lipinski definition) is 7. The van der Waals surface area contributed by atoms with Gasteiger partial charge in [0.1, 0.15) is 11.2 Å². The lowest BCUT2D eigenvalue weighted by atomic mass is 9.99. The highest BCUT2D eigenvalue weighted by atomic mass is 32.1. The van der Waals surface area contributed by atoms with E-state index in [1.54, 1.807) is 41.7 Å². The number of amides is 1. The lowest BCUT2D eigenvalue weighted by molar-refractivity contribution is 0.0728. The molecule has 1 aromatic heterocycles. The molecule has 2 aliphatic heterocycles. The molecule has 1 amide bonds. The van der Waals surface area contributed by atoms with Crippen molar-refractivity contribution >= 4 is 28.2 Å². The second-order valence-corrected chi connectivity index (χ2v) is 10.1. The van der Waals surface area contributed by atoms with Crippen molar-refractivity contribution in [3.8, 4) is 11.5 Å². The molecule has 3 aromatic rings. The summed E-state index contributed by atoms with van der Waals surface area (Å²) in [6.07, 6.45) is 0.476. The zero-order valence-corrected chi connectivity index (χ0v) is 20.9. The molecule has 2 aliphatic rings. The van der Waals surface area contributed by atoms with Gasteiger partial charge in [-0.15, -0.1) is 11.3 Å². The van der Waals surface area contributed by atoms with Gasteiger partial charge in [0, 0.05) is 24.0 Å². The standard InChI is InChI=1S/C27H29N3O4S/c1-4-33-21-14-18(10-11-20(21)34-27(32)17-8-6-5-7-9-17)24-28-25(31)23-19-12-13-30(16(2)3)15-22(19)35-26(23)29-24/h5-11,14,16,24,29H,4,12-13,15H2,1-3H3,(H,28,31)/t24-/m0/s1. The Kier molecular flexibility index (Phi) is 6.49. The number of carbonyl (C=O) groups is 2. The van der Waals surface area contributed by atoms with E-state index in [1.807, 2.05) is 25.1 Å². The van der Waals surface area contributed by atoms with E-state index in [-0.39, 0.29) is 5.91 Å². The molecule has 0 aliphatic carbocycles. The van der Waals surface area contributed by atoms with Crippen molar-refractivity contribution < 1.29 is 19.1 Å². The number of thiophene rings is 1. The predicted molar refractivity (Wildman–Crippen MR) is 136 cm³/mol. The molecule has 0 bridgehead atoms. The average Bonchev–Trinajstić information content (AvgIpc) is 3.24. The second kappa shape index (κ2) is 9.71. The van der Waals surface area contributed by atoms with Gasteiger partial charge in [0.2, 0.25) is 0 Å². The predicted octanol–water partition coefficient (Wildman–Crippen LogP) is 4.99. The SMILES string of the molecule is CCOc1cc([C@H]2NC(=O)c3c(sc4c3CCN(C(C)C)C4)N2)ccc1OC(=O)c1ccccc1. The lowest BCUT2D eigenvalue weighted by Crippen LogP contribution is -2.39. The molecule has 0 fully saturated rings. The third-order valence-corrected chi connectivity index (χ3v) is 7.56. The van der Waals surface area contributed by atoms with Crippen molar-refractivity contribution in [1.29, 1.82) is 0 Å². The quantitative estimate of drug-likeness (QED) is 0.374. The summed E-state index contributed by atoms with van der Waals surface area (Å²) in [4.78, 5) is 29.4. The van der Waals surface area contributed by atoms with Crippen molar-refractivity contribution in [1.82, 2.24) is 10.2 Å². The van der Waals surface area contributed by atoms with Crippen LogP contribution in [0.15, 0.2) is 48.5 Å². The number of esters is 1. The molecule has 0 saturated heterocycles. The molecule has 0 unspecified atom stereocenters. The van der Waals surface area contributed by atoms with Crippen LogP contribution in [0.25, 0.3) is 0 Å². The van der Waals surface area contributed by atoms with Crippen LogP contribution in [-0.4, -0.2) is 36.0 Å². The molecule has 182 valence electrons. The van der Waals surface area contributed by atoms with E-state index in [0.717, 1.165) is 35.6 Å². The Balaban J connectivity index is 1.39. The number of benzene rings is 2. The van der Waals surface area contributed by atoms with E-state index >= 15 is 0 Å². The van der Waals surface area contributed by atoms with Gasteiger partial charge in [-0.3, -0.25) is 9.69 Å². The molecular weight excluding hydrogens is 462 g/mol. The summed E-state index contributed by atoms with van der Waals surface area (Å²) in [5.74, 6) is 0.284. The maximum atomic E-state index is 13.1. The van der Waals surface area contributed by atoms with Gasteiger partial charge in [-0.25, -0.2) is 4.79 Å². The molecule has 0 radical (unpaired) electrons. The van der Waals surface area contributed by atoms with E-state index in [4.69, 9.17) is 9.47 Å². The first-order valence-electron chi connectivity index (χ1n) is 11.9. The maximum Gasteiger partial charge on any atom is 0.343 e. The van der Waals surface area contributed by atoms with Crippen molar-refractivity contribution in [3.63, 3.8) is 0 Å². The van der Waals surface area contributed by atoms with Gasteiger partial charge in [0.05, 0.1) is 17.7 Å². The molecular formula is C27H29N3O4S. The largest absolute Gasteiger partial charge is 0.490 e. The maximum absolute atomic E-state index is 13.1. The molecule has 1 atom stereocenters. The summed E-state index contributed by atoms with van der Waals surface area (Å²) < 4.78 is 11.4. The Morgan fingerprint density at radius 1 is 1.14 bits per heavy atom. The fourth-order valence-corrected chi connectivity index (χ4v) is 5.83. The van der Waals surface area contributed by atoms with Crippen molar-refractivity contribution in [3.05, 3.63) is 75.7 Å². The number of hydrogen-bond donors (Lipinski definition) is 2. The first-order valence-corrected chi connectivity index (χ1v) is 12.8. The fourth-order valence-electron chi connectivity index (χ4n) is 4.53. The second-order valence-electron chi connectivity index (χ2n) is 8.97. The van der Waals surface area contributed by atoms with Crippen molar-refractivity contribution in [2.24, 2.45) is 0 Å². The van der Waals surface area contributed by atoms with Crippen LogP contribution in [0, 0.1) is 0 Å². The Labute approximate surface area is 209 Å². The minimum absolute atomic E-state index is 0.0585. The third kappa shape index (κ3) is 4.63. The van der Waals surface area contributed by atoms with Crippen molar-refractivity contribution in [2.45, 2.75) is 45.9 Å². The Hall–Kier alpha value is -3.36. The summed E-state index contributed by atoms with van der Waals surface area (Å²) in [5, 5.41) is 7.51. The highest BCUT2D eigenvalue weighted by Crippen LogP contribution is 2.42. The molecule has 3 heterocycles. The summed E-state index contributed by atoms with van der Waals surface area (Å²) in [6, 6.07) is 14.7. The van der Waals surface area contributed by atoms with E-state index < -0.39 is 12.1 Å². The number of ether oxygens (including phenoxy) is 2. The minimum Gasteiger partial charge on any atom is -0.490 e. The van der Waals surface area contributed by atoms with E-state index in [1.165, 1.54) is 10.4 Å². The number of nitrogens with zero attached hydrogens (tertiary/aromatic N) is 1. The molecule has 2 aromatic carbocycles. The normalized spacial score (nSPS) is 17.3. The molecule has 7 nitrogen and oxygen atoms in total. The lowest BCUT2D eigenvalue weighted by Gasteiger charge is -2.31. The van der Waals surface area contributed by atoms with E-state index in [0.29, 0.717) is 29.7 Å². The molecule has 0 saturated carbocycles. The van der Waals surface area contributed by atoms with E-state index in [9.17, 15) is 9.59 Å². The van der Waals surface area contributed by atoms with Crippen LogP contribution in [0.3, 0.4) is 0 Å². The van der Waals surface area contributed by atoms with E-state index in [2.05, 4.69) is 29.4 Å². The average molecular weight is 492 g/mol. The van der Waals surface area contributed by atoms with Crippen LogP contribution >= 0.6 is 11.3 Å². The summed E-state index contributed by atoms with van der Waals surface area (Å²) in [5.41, 5.74) is 3.24. The number of fused-ring (bicyclic) bond motifs is 3. The third-order valence-electron chi connectivity index (χ3n) is 6.41. The number of nitrogens with one attached hydrogen (secondary N) is 2. The first kappa shape index (κ1) is 23.4.